The van der Waals surface area contributed by atoms with Gasteiger partial charge in [-0.3, -0.25) is 77.1 Å². The number of rotatable bonds is 59. The quantitative estimate of drug-likeness (QED) is 0.0218. The van der Waals surface area contributed by atoms with Crippen molar-refractivity contribution in [3.8, 4) is 0 Å². The third-order valence-electron chi connectivity index (χ3n) is 17.7. The van der Waals surface area contributed by atoms with Crippen LogP contribution in [0.4, 0.5) is 32.3 Å². The maximum absolute atomic E-state index is 13.4. The second-order valence-electron chi connectivity index (χ2n) is 26.3. The molecule has 1 fully saturated rings. The highest BCUT2D eigenvalue weighted by molar-refractivity contribution is 5.89. The van der Waals surface area contributed by atoms with Crippen LogP contribution in [0, 0.1) is 0 Å². The van der Waals surface area contributed by atoms with E-state index < -0.39 is 230 Å². The third-order valence-corrected chi connectivity index (χ3v) is 17.7. The summed E-state index contributed by atoms with van der Waals surface area (Å²) in [5.74, 6) is -17.9. The van der Waals surface area contributed by atoms with E-state index in [0.717, 1.165) is 0 Å². The van der Waals surface area contributed by atoms with Crippen LogP contribution in [0.5, 0.6) is 0 Å². The fraction of sp³-hybridized carbons (Fsp3) is 0.631. The standard InChI is InChI=1S/C65H97N15O31/c1-77(30-46(88)89)65(33-79(31-47(90)91)28-29-80(34-65)32-48(92)93)19-5-2-10-41(81)66-22-25-78(26-23-69-51-49(53(94)55(51)96)67-20-6-3-8-35(57(98)99)71-42(82)15-11-37(59(102)103)73-63(110)75-39(61(106)107)13-17-44(84)85)27-24-70-52-50(54(95)56(52)97)68-21-7-4-9-36(58(100)101)72-43(83)16-12-38(60(104)105)74-64(111)76-40(62(108)109)14-18-45(86)87/h35-40,67-70H,2-34H2,1H3,(H,66,81)(H,71,82)(H,72,83)(H,84,85)(H,86,87)(H,88,89)(H,90,91)(H,92,93)(H,98,99)(H,100,101)(H,102,103)(H,104,105)(H,106,107)(H,108,109)(H2,73,75,110)(H2,74,76,111). The smallest absolute Gasteiger partial charge is 0.326 e. The number of carbonyl (C=O) groups is 16. The van der Waals surface area contributed by atoms with E-state index in [9.17, 15) is 142 Å². The van der Waals surface area contributed by atoms with Crippen LogP contribution in [-0.2, 0) is 67.1 Å². The predicted octanol–water partition coefficient (Wildman–Crippen LogP) is -5.07. The Hall–Kier alpha value is -11.7. The molecule has 6 atom stereocenters. The molecule has 46 nitrogen and oxygen atoms in total. The monoisotopic (exact) mass is 1580 g/mol. The number of nitrogens with one attached hydrogen (secondary N) is 11. The molecule has 1 aliphatic heterocycles. The van der Waals surface area contributed by atoms with Crippen LogP contribution in [0.2, 0.25) is 0 Å². The Balaban J connectivity index is 1.67. The van der Waals surface area contributed by atoms with Crippen molar-refractivity contribution in [3.63, 3.8) is 0 Å². The first-order valence-corrected chi connectivity index (χ1v) is 35.2. The fourth-order valence-electron chi connectivity index (χ4n) is 11.8. The van der Waals surface area contributed by atoms with Gasteiger partial charge >= 0.3 is 77.7 Å². The van der Waals surface area contributed by atoms with Gasteiger partial charge in [0.05, 0.1) is 19.6 Å². The van der Waals surface area contributed by atoms with E-state index >= 15 is 0 Å². The maximum Gasteiger partial charge on any atom is 0.326 e. The van der Waals surface area contributed by atoms with Crippen molar-refractivity contribution in [2.75, 3.05) is 126 Å². The molecule has 6 unspecified atom stereocenters. The van der Waals surface area contributed by atoms with E-state index in [1.807, 2.05) is 21.3 Å². The second-order valence-corrected chi connectivity index (χ2v) is 26.3. The van der Waals surface area contributed by atoms with Crippen molar-refractivity contribution in [3.05, 3.63) is 40.9 Å². The highest BCUT2D eigenvalue weighted by Crippen LogP contribution is 2.28. The Labute approximate surface area is 630 Å². The zero-order valence-electron chi connectivity index (χ0n) is 60.7. The van der Waals surface area contributed by atoms with Crippen LogP contribution < -0.4 is 80.2 Å². The molecule has 7 amide bonds. The van der Waals surface area contributed by atoms with Gasteiger partial charge in [0.15, 0.2) is 0 Å². The summed E-state index contributed by atoms with van der Waals surface area (Å²) in [7, 11) is 1.54. The summed E-state index contributed by atoms with van der Waals surface area (Å²) in [5, 5.41) is 131. The van der Waals surface area contributed by atoms with Crippen LogP contribution >= 0.6 is 0 Å². The molecule has 0 radical (unpaired) electrons. The van der Waals surface area contributed by atoms with E-state index in [-0.39, 0.29) is 159 Å². The average molecular weight is 1580 g/mol. The first-order valence-electron chi connectivity index (χ1n) is 35.2. The molecule has 1 aliphatic rings. The van der Waals surface area contributed by atoms with Crippen LogP contribution in [0.15, 0.2) is 19.2 Å². The van der Waals surface area contributed by atoms with Crippen molar-refractivity contribution in [2.45, 2.75) is 157 Å². The van der Waals surface area contributed by atoms with Crippen LogP contribution in [0.1, 0.15) is 116 Å². The van der Waals surface area contributed by atoms with Gasteiger partial charge in [-0.15, -0.1) is 0 Å². The van der Waals surface area contributed by atoms with Crippen LogP contribution in [0.3, 0.4) is 0 Å². The van der Waals surface area contributed by atoms with Gasteiger partial charge in [-0.25, -0.2) is 38.4 Å². The number of likely N-dealkylation sites (N-methyl/N-ethyl adjacent to an activating group) is 1. The van der Waals surface area contributed by atoms with Gasteiger partial charge in [0.2, 0.25) is 17.7 Å². The van der Waals surface area contributed by atoms with Crippen molar-refractivity contribution in [1.82, 2.24) is 56.8 Å². The maximum atomic E-state index is 13.4. The molecule has 3 rings (SSSR count). The molecule has 618 valence electrons. The molecule has 0 bridgehead atoms. The van der Waals surface area contributed by atoms with Crippen molar-refractivity contribution in [2.24, 2.45) is 0 Å². The number of aliphatic carboxylic acids is 11. The number of hydrogen-bond acceptors (Lipinski definition) is 28. The van der Waals surface area contributed by atoms with Gasteiger partial charge in [0, 0.05) is 116 Å². The van der Waals surface area contributed by atoms with Crippen LogP contribution in [-0.4, -0.2) is 318 Å². The first-order chi connectivity index (χ1) is 52.2. The molecule has 0 aromatic heterocycles. The zero-order valence-corrected chi connectivity index (χ0v) is 60.7. The van der Waals surface area contributed by atoms with Crippen LogP contribution in [0.25, 0.3) is 0 Å². The van der Waals surface area contributed by atoms with Gasteiger partial charge < -0.3 is 115 Å². The zero-order chi connectivity index (χ0) is 83.2. The molecule has 46 heteroatoms. The number of nitrogens with zero attached hydrogens (tertiary/aromatic N) is 4. The van der Waals surface area contributed by atoms with Gasteiger partial charge in [-0.1, -0.05) is 6.42 Å². The number of urea groups is 2. The van der Waals surface area contributed by atoms with E-state index in [1.165, 1.54) is 0 Å². The molecule has 1 saturated heterocycles. The van der Waals surface area contributed by atoms with Crippen molar-refractivity contribution in [1.29, 1.82) is 0 Å². The minimum absolute atomic E-state index is 0.0115. The highest BCUT2D eigenvalue weighted by atomic mass is 16.4. The fourth-order valence-corrected chi connectivity index (χ4v) is 11.8. The number of carboxylic acids is 11. The number of carbonyl (C=O) groups excluding carboxylic acids is 5. The van der Waals surface area contributed by atoms with E-state index in [0.29, 0.717) is 6.42 Å². The highest BCUT2D eigenvalue weighted by Gasteiger charge is 2.42. The Morgan fingerprint density at radius 3 is 1.01 bits per heavy atom. The van der Waals surface area contributed by atoms with Gasteiger partial charge in [-0.2, -0.15) is 0 Å². The van der Waals surface area contributed by atoms with E-state index in [4.69, 9.17) is 10.2 Å². The molecule has 111 heavy (non-hydrogen) atoms. The summed E-state index contributed by atoms with van der Waals surface area (Å²) >= 11 is 0. The molecule has 22 N–H and O–H groups in total. The molecule has 2 aromatic rings. The summed E-state index contributed by atoms with van der Waals surface area (Å²) < 4.78 is 0. The lowest BCUT2D eigenvalue weighted by Gasteiger charge is -2.44. The number of hydrogen-bond donors (Lipinski definition) is 22. The summed E-state index contributed by atoms with van der Waals surface area (Å²) in [6, 6.07) is -12.5. The average Bonchev–Trinajstić information content (AvgIpc) is 1.32. The normalized spacial score (nSPS) is 14.5. The first kappa shape index (κ1) is 93.5. The van der Waals surface area contributed by atoms with E-state index in [2.05, 4.69) is 37.2 Å². The number of carboxylic acid groups (broad SMARTS) is 11. The third kappa shape index (κ3) is 34.2. The number of anilines is 4. The molecule has 0 aliphatic carbocycles. The summed E-state index contributed by atoms with van der Waals surface area (Å²) in [4.78, 5) is 250. The lowest BCUT2D eigenvalue weighted by molar-refractivity contribution is -0.143. The van der Waals surface area contributed by atoms with Crippen molar-refractivity contribution >= 4 is 118 Å². The molecular formula is C65H97N15O31. The van der Waals surface area contributed by atoms with Crippen molar-refractivity contribution < 1.29 is 133 Å². The van der Waals surface area contributed by atoms with Gasteiger partial charge in [-0.05, 0) is 84.1 Å². The molecule has 1 heterocycles. The summed E-state index contributed by atoms with van der Waals surface area (Å²) in [5.41, 5.74) is -5.00. The SMILES string of the molecule is CN(CC(=O)O)C1(CCCCC(=O)NCCN(CCNc2c(NCCCCC(NC(=O)CCC(NC(=O)NC(CCC(=O)O)C(=O)O)C(=O)O)C(=O)O)c(=O)c2=O)CCNc2c(NCCCCC(NC(=O)CCC(NC(=O)NC(CCC(=O)O)C(=O)O)C(=O)O)C(=O)O)c(=O)c2=O)CN(CC(=O)O)CCN(CC(=O)O)C1. The Kier molecular flexibility index (Phi) is 39.8. The van der Waals surface area contributed by atoms with Gasteiger partial charge in [0.25, 0.3) is 21.7 Å². The predicted molar refractivity (Wildman–Crippen MR) is 384 cm³/mol. The number of amides is 7. The number of unbranched alkanes of at least 4 members (excludes halogenated alkanes) is 3. The lowest BCUT2D eigenvalue weighted by Crippen LogP contribution is -2.59. The Morgan fingerprint density at radius 1 is 0.360 bits per heavy atom. The largest absolute Gasteiger partial charge is 0.481 e. The molecule has 0 spiro atoms. The Bertz CT molecular complexity index is 3550. The molecule has 2 aromatic carbocycles. The summed E-state index contributed by atoms with van der Waals surface area (Å²) in [6.45, 7) is -0.420. The van der Waals surface area contributed by atoms with Gasteiger partial charge in [0.1, 0.15) is 59.0 Å². The Morgan fingerprint density at radius 2 is 0.685 bits per heavy atom. The lowest BCUT2D eigenvalue weighted by atomic mass is 9.88. The molecular weight excluding hydrogens is 1490 g/mol. The summed E-state index contributed by atoms with van der Waals surface area (Å²) in [6.07, 6.45) is -3.74. The second kappa shape index (κ2) is 47.3. The minimum atomic E-state index is -1.76. The topological polar surface area (TPSA) is 709 Å². The minimum Gasteiger partial charge on any atom is -0.481 e. The van der Waals surface area contributed by atoms with E-state index in [1.54, 1.807) is 26.6 Å². The molecule has 0 saturated carbocycles.